The number of sulfonamides is 1. The van der Waals surface area contributed by atoms with Gasteiger partial charge in [0.25, 0.3) is 0 Å². The van der Waals surface area contributed by atoms with Crippen LogP contribution in [0, 0.1) is 5.92 Å². The van der Waals surface area contributed by atoms with Crippen LogP contribution in [0.4, 0.5) is 11.4 Å². The number of amides is 3. The van der Waals surface area contributed by atoms with Gasteiger partial charge in [0.15, 0.2) is 11.5 Å². The first-order valence-corrected chi connectivity index (χ1v) is 16.7. The van der Waals surface area contributed by atoms with E-state index >= 15 is 0 Å². The highest BCUT2D eigenvalue weighted by Crippen LogP contribution is 2.54. The minimum Gasteiger partial charge on any atom is -0.493 e. The monoisotopic (exact) mass is 666 g/mol. The third-order valence-corrected chi connectivity index (χ3v) is 11.1. The van der Waals surface area contributed by atoms with E-state index in [0.29, 0.717) is 38.3 Å². The number of ether oxygens (including phenoxy) is 2. The highest BCUT2D eigenvalue weighted by atomic mass is 32.2. The number of imide groups is 1. The molecule has 12 nitrogen and oxygen atoms in total. The van der Waals surface area contributed by atoms with Crippen LogP contribution in [-0.2, 0) is 31.0 Å². The summed E-state index contributed by atoms with van der Waals surface area (Å²) >= 11 is 2.02. The van der Waals surface area contributed by atoms with Crippen LogP contribution in [0.25, 0.3) is 0 Å². The van der Waals surface area contributed by atoms with Gasteiger partial charge >= 0.3 is 4.87 Å². The number of carbonyl (C=O) groups is 3. The Hall–Kier alpha value is -4.44. The van der Waals surface area contributed by atoms with Crippen molar-refractivity contribution in [2.45, 2.75) is 27.6 Å². The first kappa shape index (κ1) is 30.6. The van der Waals surface area contributed by atoms with E-state index < -0.39 is 43.8 Å². The highest BCUT2D eigenvalue weighted by Gasteiger charge is 2.57. The average Bonchev–Trinajstić information content (AvgIpc) is 3.46. The van der Waals surface area contributed by atoms with Crippen molar-refractivity contribution in [2.24, 2.45) is 11.1 Å². The summed E-state index contributed by atoms with van der Waals surface area (Å²) in [7, 11) is -0.913. The molecule has 45 heavy (non-hydrogen) atoms. The molecular formula is C30H26N4O8S3. The zero-order valence-electron chi connectivity index (χ0n) is 23.8. The van der Waals surface area contributed by atoms with Crippen molar-refractivity contribution in [2.75, 3.05) is 24.4 Å². The van der Waals surface area contributed by atoms with E-state index in [2.05, 4.69) is 5.32 Å². The van der Waals surface area contributed by atoms with E-state index in [1.54, 1.807) is 48.5 Å². The number of methoxy groups -OCH3 is 2. The quantitative estimate of drug-likeness (QED) is 0.269. The number of nitrogens with one attached hydrogen (secondary N) is 1. The molecule has 4 aromatic rings. The average molecular weight is 667 g/mol. The van der Waals surface area contributed by atoms with Crippen molar-refractivity contribution >= 4 is 62.2 Å². The van der Waals surface area contributed by atoms with Gasteiger partial charge in [0.1, 0.15) is 11.8 Å². The zero-order valence-corrected chi connectivity index (χ0v) is 26.3. The Balaban J connectivity index is 1.40. The summed E-state index contributed by atoms with van der Waals surface area (Å²) in [4.78, 5) is 55.6. The predicted molar refractivity (Wildman–Crippen MR) is 168 cm³/mol. The van der Waals surface area contributed by atoms with Crippen LogP contribution >= 0.6 is 23.1 Å². The number of nitrogens with zero attached hydrogens (tertiary/aromatic N) is 2. The second-order valence-electron chi connectivity index (χ2n) is 10.2. The zero-order chi connectivity index (χ0) is 32.0. The number of carbonyl (C=O) groups excluding carboxylic acids is 3. The smallest absolute Gasteiger partial charge is 0.308 e. The van der Waals surface area contributed by atoms with E-state index in [1.165, 1.54) is 48.0 Å². The van der Waals surface area contributed by atoms with Gasteiger partial charge in [-0.2, -0.15) is 0 Å². The molecular weight excluding hydrogens is 641 g/mol. The van der Waals surface area contributed by atoms with E-state index in [0.717, 1.165) is 23.1 Å². The van der Waals surface area contributed by atoms with Crippen LogP contribution in [0.2, 0.25) is 0 Å². The number of hydrogen-bond donors (Lipinski definition) is 2. The molecule has 1 fully saturated rings. The SMILES string of the molecule is COc1ccc([C@H]2c3sc(=O)n(CC(=O)Nc4ccc(S(N)(=O)=O)cc4)c3SC3C(=O)N(c4ccccc4)C(=O)C32)cc1OC. The number of fused-ring (bicyclic) bond motifs is 2. The van der Waals surface area contributed by atoms with Gasteiger partial charge in [0.2, 0.25) is 27.7 Å². The fourth-order valence-electron chi connectivity index (χ4n) is 5.56. The first-order valence-electron chi connectivity index (χ1n) is 13.5. The maximum Gasteiger partial charge on any atom is 0.308 e. The molecule has 15 heteroatoms. The standard InChI is InChI=1S/C30H26N4O8S3/c1-41-20-13-8-16(14-21(20)42-2)23-24-25(28(37)34(27(24)36)18-6-4-3-5-7-18)43-29-26(23)44-30(38)33(29)15-22(35)32-17-9-11-19(12-10-17)45(31,39)40/h3-14,23-25H,15H2,1-2H3,(H,32,35)(H2,31,39,40)/t23-,24?,25?/m1/s1. The number of benzene rings is 3. The van der Waals surface area contributed by atoms with Crippen LogP contribution in [0.1, 0.15) is 16.4 Å². The Morgan fingerprint density at radius 2 is 1.62 bits per heavy atom. The largest absolute Gasteiger partial charge is 0.493 e. The Labute approximate surface area is 265 Å². The summed E-state index contributed by atoms with van der Waals surface area (Å²) in [6.45, 7) is -0.380. The maximum atomic E-state index is 14.0. The lowest BCUT2D eigenvalue weighted by Gasteiger charge is -2.31. The summed E-state index contributed by atoms with van der Waals surface area (Å²) in [6, 6.07) is 19.2. The molecule has 2 unspecified atom stereocenters. The molecule has 232 valence electrons. The number of nitrogens with two attached hydrogens (primary N) is 1. The molecule has 0 spiro atoms. The third kappa shape index (κ3) is 5.52. The van der Waals surface area contributed by atoms with Crippen molar-refractivity contribution in [3.8, 4) is 11.5 Å². The van der Waals surface area contributed by atoms with E-state index in [9.17, 15) is 27.6 Å². The lowest BCUT2D eigenvalue weighted by atomic mass is 9.83. The first-order chi connectivity index (χ1) is 21.5. The lowest BCUT2D eigenvalue weighted by Crippen LogP contribution is -2.33. The van der Waals surface area contributed by atoms with Crippen molar-refractivity contribution < 1.29 is 32.3 Å². The van der Waals surface area contributed by atoms with Gasteiger partial charge in [-0.1, -0.05) is 47.4 Å². The molecule has 0 bridgehead atoms. The topological polar surface area (TPSA) is 167 Å². The lowest BCUT2D eigenvalue weighted by molar-refractivity contribution is -0.122. The maximum absolute atomic E-state index is 14.0. The molecule has 2 aliphatic rings. The van der Waals surface area contributed by atoms with Gasteiger partial charge in [-0.05, 0) is 54.1 Å². The molecule has 0 saturated carbocycles. The van der Waals surface area contributed by atoms with Gasteiger partial charge in [0.05, 0.1) is 35.7 Å². The number of anilines is 2. The molecule has 1 saturated heterocycles. The summed E-state index contributed by atoms with van der Waals surface area (Å²) in [5.41, 5.74) is 1.39. The molecule has 3 aromatic carbocycles. The molecule has 3 heterocycles. The molecule has 1 aromatic heterocycles. The molecule has 6 rings (SSSR count). The van der Waals surface area contributed by atoms with E-state index in [-0.39, 0.29) is 17.3 Å². The summed E-state index contributed by atoms with van der Waals surface area (Å²) < 4.78 is 35.3. The second-order valence-corrected chi connectivity index (χ2v) is 13.9. The Kier molecular flexibility index (Phi) is 8.03. The number of para-hydroxylation sites is 1. The molecule has 3 N–H and O–H groups in total. The van der Waals surface area contributed by atoms with E-state index in [4.69, 9.17) is 14.6 Å². The Morgan fingerprint density at radius 1 is 0.933 bits per heavy atom. The van der Waals surface area contributed by atoms with Crippen LogP contribution in [0.15, 0.2) is 87.5 Å². The number of hydrogen-bond acceptors (Lipinski definition) is 10. The van der Waals surface area contributed by atoms with Crippen molar-refractivity contribution in [3.05, 3.63) is 92.9 Å². The van der Waals surface area contributed by atoms with Gasteiger partial charge in [-0.3, -0.25) is 23.7 Å². The minimum atomic E-state index is -3.91. The predicted octanol–water partition coefficient (Wildman–Crippen LogP) is 3.01. The Bertz CT molecular complexity index is 1990. The number of rotatable bonds is 8. The third-order valence-electron chi connectivity index (χ3n) is 7.60. The molecule has 3 atom stereocenters. The summed E-state index contributed by atoms with van der Waals surface area (Å²) in [6.07, 6.45) is 0. The molecule has 0 aliphatic carbocycles. The minimum absolute atomic E-state index is 0.115. The molecule has 2 aliphatic heterocycles. The van der Waals surface area contributed by atoms with Crippen LogP contribution in [-0.4, -0.2) is 50.2 Å². The van der Waals surface area contributed by atoms with Gasteiger partial charge < -0.3 is 14.8 Å². The van der Waals surface area contributed by atoms with Gasteiger partial charge in [-0.25, -0.2) is 18.5 Å². The normalized spacial score (nSPS) is 19.2. The van der Waals surface area contributed by atoms with Crippen molar-refractivity contribution in [1.82, 2.24) is 4.57 Å². The van der Waals surface area contributed by atoms with Crippen LogP contribution in [0.5, 0.6) is 11.5 Å². The number of primary sulfonamides is 1. The van der Waals surface area contributed by atoms with Gasteiger partial charge in [-0.15, -0.1) is 0 Å². The number of aromatic nitrogens is 1. The van der Waals surface area contributed by atoms with Gasteiger partial charge in [0, 0.05) is 16.5 Å². The highest BCUT2D eigenvalue weighted by molar-refractivity contribution is 8.00. The second kappa shape index (κ2) is 11.8. The molecule has 0 radical (unpaired) electrons. The van der Waals surface area contributed by atoms with Crippen molar-refractivity contribution in [3.63, 3.8) is 0 Å². The Morgan fingerprint density at radius 3 is 2.27 bits per heavy atom. The number of thioether (sulfide) groups is 1. The van der Waals surface area contributed by atoms with Crippen LogP contribution < -0.4 is 29.7 Å². The van der Waals surface area contributed by atoms with Crippen molar-refractivity contribution in [1.29, 1.82) is 0 Å². The molecule has 3 amide bonds. The summed E-state index contributed by atoms with van der Waals surface area (Å²) in [5, 5.41) is 7.36. The fraction of sp³-hybridized carbons (Fsp3) is 0.200. The number of thiazole rings is 1. The van der Waals surface area contributed by atoms with Crippen LogP contribution in [0.3, 0.4) is 0 Å². The summed E-state index contributed by atoms with van der Waals surface area (Å²) in [5.74, 6) is -1.98. The fourth-order valence-corrected chi connectivity index (χ4v) is 8.85. The van der Waals surface area contributed by atoms with E-state index in [1.807, 2.05) is 0 Å².